The largest absolute Gasteiger partial charge is 0.497 e. The zero-order valence-corrected chi connectivity index (χ0v) is 21.8. The number of aryl methyl sites for hydroxylation is 1. The van der Waals surface area contributed by atoms with Gasteiger partial charge in [0, 0.05) is 28.8 Å². The first-order valence-corrected chi connectivity index (χ1v) is 13.2. The number of rotatable bonds is 8. The summed E-state index contributed by atoms with van der Waals surface area (Å²) < 4.78 is 5.32. The number of hydrogen-bond donors (Lipinski definition) is 1. The molecule has 6 nitrogen and oxygen atoms in total. The number of hydrazone groups is 1. The SMILES string of the molecule is CCCCc1nc(Cl)c(C2CC(c3ccc(OC)cc3)=NN2c2nc(-c3ccc(Cl)cc3)cs2)[nH]1. The highest BCUT2D eigenvalue weighted by atomic mass is 35.5. The number of aromatic amines is 1. The maximum absolute atomic E-state index is 6.64. The van der Waals surface area contributed by atoms with Crippen molar-refractivity contribution >= 4 is 45.4 Å². The van der Waals surface area contributed by atoms with E-state index in [0.717, 1.165) is 64.2 Å². The number of nitrogens with zero attached hydrogens (tertiary/aromatic N) is 4. The molecule has 0 aliphatic carbocycles. The Kier molecular flexibility index (Phi) is 7.09. The molecule has 0 spiro atoms. The summed E-state index contributed by atoms with van der Waals surface area (Å²) in [6.45, 7) is 2.17. The number of aromatic nitrogens is 3. The Hall–Kier alpha value is -2.87. The molecule has 9 heteroatoms. The molecule has 0 radical (unpaired) electrons. The second kappa shape index (κ2) is 10.4. The Morgan fingerprint density at radius 1 is 1.06 bits per heavy atom. The van der Waals surface area contributed by atoms with Crippen molar-refractivity contribution in [2.45, 2.75) is 38.6 Å². The van der Waals surface area contributed by atoms with Crippen molar-refractivity contribution < 1.29 is 4.74 Å². The molecular formula is C26H25Cl2N5OS. The van der Waals surface area contributed by atoms with Crippen LogP contribution in [0, 0.1) is 0 Å². The second-order valence-corrected chi connectivity index (χ2v) is 9.98. The topological polar surface area (TPSA) is 66.4 Å². The fourth-order valence-electron chi connectivity index (χ4n) is 4.09. The summed E-state index contributed by atoms with van der Waals surface area (Å²) in [6, 6.07) is 15.5. The molecule has 4 aromatic rings. The molecule has 2 aromatic heterocycles. The molecule has 1 unspecified atom stereocenters. The molecule has 1 aliphatic heterocycles. The van der Waals surface area contributed by atoms with Gasteiger partial charge in [-0.05, 0) is 48.4 Å². The van der Waals surface area contributed by atoms with E-state index in [9.17, 15) is 0 Å². The number of H-pyrrole nitrogens is 1. The number of halogens is 2. The van der Waals surface area contributed by atoms with Crippen LogP contribution in [-0.4, -0.2) is 27.8 Å². The van der Waals surface area contributed by atoms with E-state index in [1.165, 1.54) is 0 Å². The van der Waals surface area contributed by atoms with Crippen LogP contribution in [0.2, 0.25) is 10.2 Å². The van der Waals surface area contributed by atoms with Gasteiger partial charge in [0.1, 0.15) is 17.6 Å². The van der Waals surface area contributed by atoms with Gasteiger partial charge >= 0.3 is 0 Å². The van der Waals surface area contributed by atoms with Gasteiger partial charge in [-0.15, -0.1) is 11.3 Å². The highest BCUT2D eigenvalue weighted by molar-refractivity contribution is 7.14. The van der Waals surface area contributed by atoms with Crippen molar-refractivity contribution in [3.63, 3.8) is 0 Å². The number of methoxy groups -OCH3 is 1. The van der Waals surface area contributed by atoms with Gasteiger partial charge in [-0.3, -0.25) is 0 Å². The van der Waals surface area contributed by atoms with Crippen LogP contribution in [0.3, 0.4) is 0 Å². The van der Waals surface area contributed by atoms with E-state index < -0.39 is 0 Å². The van der Waals surface area contributed by atoms with Crippen LogP contribution in [0.4, 0.5) is 5.13 Å². The standard InChI is InChI=1S/C26H25Cl2N5OS/c1-3-4-5-23-30-24(25(28)31-23)22-14-20(16-8-12-19(34-2)13-9-16)32-33(22)26-29-21(15-35-26)17-6-10-18(27)11-7-17/h6-13,15,22H,3-5,14H2,1-2H3,(H,30,31). The molecule has 180 valence electrons. The highest BCUT2D eigenvalue weighted by Crippen LogP contribution is 2.41. The third-order valence-corrected chi connectivity index (χ3v) is 7.37. The predicted octanol–water partition coefficient (Wildman–Crippen LogP) is 7.55. The maximum atomic E-state index is 6.64. The molecule has 1 N–H and O–H groups in total. The molecule has 3 heterocycles. The number of imidazole rings is 1. The van der Waals surface area contributed by atoms with Gasteiger partial charge in [0.05, 0.1) is 24.2 Å². The summed E-state index contributed by atoms with van der Waals surface area (Å²) in [5.41, 5.74) is 4.76. The minimum atomic E-state index is -0.133. The van der Waals surface area contributed by atoms with E-state index in [1.807, 2.05) is 58.9 Å². The first-order valence-electron chi connectivity index (χ1n) is 11.5. The lowest BCUT2D eigenvalue weighted by atomic mass is 10.0. The molecule has 35 heavy (non-hydrogen) atoms. The van der Waals surface area contributed by atoms with Crippen LogP contribution in [-0.2, 0) is 6.42 Å². The average Bonchev–Trinajstić information content (AvgIpc) is 3.61. The number of thiazole rings is 1. The number of benzene rings is 2. The zero-order chi connectivity index (χ0) is 24.4. The van der Waals surface area contributed by atoms with E-state index in [1.54, 1.807) is 18.4 Å². The minimum Gasteiger partial charge on any atom is -0.497 e. The van der Waals surface area contributed by atoms with Crippen LogP contribution in [0.5, 0.6) is 5.75 Å². The number of hydrogen-bond acceptors (Lipinski definition) is 6. The molecule has 0 fully saturated rings. The fourth-order valence-corrected chi connectivity index (χ4v) is 5.32. The maximum Gasteiger partial charge on any atom is 0.207 e. The Labute approximate surface area is 218 Å². The second-order valence-electron chi connectivity index (χ2n) is 8.35. The third-order valence-electron chi connectivity index (χ3n) is 6.00. The molecular weight excluding hydrogens is 501 g/mol. The van der Waals surface area contributed by atoms with Gasteiger partial charge in [0.15, 0.2) is 5.15 Å². The van der Waals surface area contributed by atoms with E-state index >= 15 is 0 Å². The van der Waals surface area contributed by atoms with E-state index in [2.05, 4.69) is 16.9 Å². The Bertz CT molecular complexity index is 1330. The lowest BCUT2D eigenvalue weighted by Gasteiger charge is -2.20. The Balaban J connectivity index is 1.51. The quantitative estimate of drug-likeness (QED) is 0.258. The van der Waals surface area contributed by atoms with E-state index in [-0.39, 0.29) is 6.04 Å². The molecule has 1 aliphatic rings. The van der Waals surface area contributed by atoms with Gasteiger partial charge in [-0.2, -0.15) is 5.10 Å². The molecule has 1 atom stereocenters. The summed E-state index contributed by atoms with van der Waals surface area (Å²) in [5, 5.41) is 11.0. The number of anilines is 1. The monoisotopic (exact) mass is 525 g/mol. The average molecular weight is 526 g/mol. The van der Waals surface area contributed by atoms with Crippen LogP contribution >= 0.6 is 34.5 Å². The van der Waals surface area contributed by atoms with Gasteiger partial charge < -0.3 is 9.72 Å². The van der Waals surface area contributed by atoms with Crippen LogP contribution in [0.25, 0.3) is 11.3 Å². The lowest BCUT2D eigenvalue weighted by Crippen LogP contribution is -2.19. The van der Waals surface area contributed by atoms with Crippen molar-refractivity contribution in [3.05, 3.63) is 81.2 Å². The van der Waals surface area contributed by atoms with Gasteiger partial charge in [-0.1, -0.05) is 48.7 Å². The van der Waals surface area contributed by atoms with Gasteiger partial charge in [0.2, 0.25) is 5.13 Å². The Morgan fingerprint density at radius 2 is 1.80 bits per heavy atom. The van der Waals surface area contributed by atoms with Gasteiger partial charge in [0.25, 0.3) is 0 Å². The molecule has 0 amide bonds. The first-order chi connectivity index (χ1) is 17.1. The van der Waals surface area contributed by atoms with Crippen LogP contribution in [0.1, 0.15) is 49.3 Å². The normalized spacial score (nSPS) is 15.5. The van der Waals surface area contributed by atoms with Gasteiger partial charge in [-0.25, -0.2) is 15.0 Å². The van der Waals surface area contributed by atoms with E-state index in [0.29, 0.717) is 16.6 Å². The third kappa shape index (κ3) is 5.08. The van der Waals surface area contributed by atoms with Crippen molar-refractivity contribution in [3.8, 4) is 17.0 Å². The predicted molar refractivity (Wildman–Crippen MR) is 144 cm³/mol. The molecule has 2 aromatic carbocycles. The van der Waals surface area contributed by atoms with Crippen molar-refractivity contribution in [1.82, 2.24) is 15.0 Å². The molecule has 0 bridgehead atoms. The number of unbranched alkanes of at least 4 members (excludes halogenated alkanes) is 1. The number of ether oxygens (including phenoxy) is 1. The van der Waals surface area contributed by atoms with Crippen molar-refractivity contribution in [1.29, 1.82) is 0 Å². The van der Waals surface area contributed by atoms with Crippen molar-refractivity contribution in [2.75, 3.05) is 12.1 Å². The Morgan fingerprint density at radius 3 is 2.51 bits per heavy atom. The summed E-state index contributed by atoms with van der Waals surface area (Å²) in [5.74, 6) is 1.72. The summed E-state index contributed by atoms with van der Waals surface area (Å²) in [7, 11) is 1.66. The highest BCUT2D eigenvalue weighted by Gasteiger charge is 2.35. The van der Waals surface area contributed by atoms with E-state index in [4.69, 9.17) is 38.0 Å². The smallest absolute Gasteiger partial charge is 0.207 e. The minimum absolute atomic E-state index is 0.133. The van der Waals surface area contributed by atoms with Crippen LogP contribution in [0.15, 0.2) is 59.0 Å². The lowest BCUT2D eigenvalue weighted by molar-refractivity contribution is 0.415. The van der Waals surface area contributed by atoms with Crippen LogP contribution < -0.4 is 9.75 Å². The fraction of sp³-hybridized carbons (Fsp3) is 0.269. The molecule has 0 saturated carbocycles. The summed E-state index contributed by atoms with van der Waals surface area (Å²) in [6.07, 6.45) is 3.70. The zero-order valence-electron chi connectivity index (χ0n) is 19.5. The molecule has 0 saturated heterocycles. The molecule has 5 rings (SSSR count). The summed E-state index contributed by atoms with van der Waals surface area (Å²) >= 11 is 14.3. The van der Waals surface area contributed by atoms with Crippen molar-refractivity contribution in [2.24, 2.45) is 5.10 Å². The first kappa shape index (κ1) is 23.9. The number of nitrogens with one attached hydrogen (secondary N) is 1. The summed E-state index contributed by atoms with van der Waals surface area (Å²) in [4.78, 5) is 13.0.